The van der Waals surface area contributed by atoms with Crippen molar-refractivity contribution in [3.8, 4) is 17.1 Å². The SMILES string of the molecule is O=C(CSc1nnc(-c2c[nH]c3ccccc23)n1-c1ccccc1)N1CCCCC1. The number of likely N-dealkylation sites (tertiary alicyclic amines) is 1. The number of fused-ring (bicyclic) bond motifs is 1. The first kappa shape index (κ1) is 18.9. The Kier molecular flexibility index (Phi) is 5.27. The zero-order chi connectivity index (χ0) is 20.3. The van der Waals surface area contributed by atoms with Crippen LogP contribution in [0.15, 0.2) is 66.0 Å². The number of nitrogens with zero attached hydrogens (tertiary/aromatic N) is 4. The summed E-state index contributed by atoms with van der Waals surface area (Å²) in [5.74, 6) is 1.32. The van der Waals surface area contributed by atoms with Crippen LogP contribution in [0, 0.1) is 0 Å². The number of carbonyl (C=O) groups is 1. The van der Waals surface area contributed by atoms with Gasteiger partial charge in [-0.05, 0) is 37.5 Å². The van der Waals surface area contributed by atoms with Crippen LogP contribution in [0.5, 0.6) is 0 Å². The van der Waals surface area contributed by atoms with Gasteiger partial charge >= 0.3 is 0 Å². The molecule has 3 heterocycles. The lowest BCUT2D eigenvalue weighted by molar-refractivity contribution is -0.129. The van der Waals surface area contributed by atoms with E-state index in [0.29, 0.717) is 5.75 Å². The second-order valence-corrected chi connectivity index (χ2v) is 8.40. The lowest BCUT2D eigenvalue weighted by Gasteiger charge is -2.26. The van der Waals surface area contributed by atoms with Crippen molar-refractivity contribution in [2.45, 2.75) is 24.4 Å². The highest BCUT2D eigenvalue weighted by molar-refractivity contribution is 7.99. The zero-order valence-electron chi connectivity index (χ0n) is 16.6. The number of benzene rings is 2. The number of hydrogen-bond acceptors (Lipinski definition) is 4. The zero-order valence-corrected chi connectivity index (χ0v) is 17.4. The second-order valence-electron chi connectivity index (χ2n) is 7.46. The second kappa shape index (κ2) is 8.36. The van der Waals surface area contributed by atoms with E-state index >= 15 is 0 Å². The molecule has 1 amide bonds. The fourth-order valence-corrected chi connectivity index (χ4v) is 4.82. The number of thioether (sulfide) groups is 1. The van der Waals surface area contributed by atoms with E-state index in [4.69, 9.17) is 0 Å². The van der Waals surface area contributed by atoms with Gasteiger partial charge in [0.05, 0.1) is 5.75 Å². The minimum absolute atomic E-state index is 0.177. The molecule has 5 rings (SSSR count). The predicted molar refractivity (Wildman–Crippen MR) is 120 cm³/mol. The van der Waals surface area contributed by atoms with Crippen molar-refractivity contribution in [1.29, 1.82) is 0 Å². The van der Waals surface area contributed by atoms with Crippen LogP contribution < -0.4 is 0 Å². The Morgan fingerprint density at radius 3 is 2.57 bits per heavy atom. The Bertz CT molecular complexity index is 1160. The third-order valence-corrected chi connectivity index (χ3v) is 6.43. The number of H-pyrrole nitrogens is 1. The molecule has 0 atom stereocenters. The van der Waals surface area contributed by atoms with Crippen LogP contribution in [0.2, 0.25) is 0 Å². The van der Waals surface area contributed by atoms with E-state index in [1.54, 1.807) is 0 Å². The minimum Gasteiger partial charge on any atom is -0.360 e. The molecule has 2 aromatic heterocycles. The highest BCUT2D eigenvalue weighted by Crippen LogP contribution is 2.32. The maximum atomic E-state index is 12.7. The topological polar surface area (TPSA) is 66.8 Å². The van der Waals surface area contributed by atoms with Gasteiger partial charge in [0.1, 0.15) is 0 Å². The third kappa shape index (κ3) is 3.61. The number of rotatable bonds is 5. The largest absolute Gasteiger partial charge is 0.360 e. The molecule has 6 nitrogen and oxygen atoms in total. The maximum Gasteiger partial charge on any atom is 0.233 e. The van der Waals surface area contributed by atoms with Gasteiger partial charge in [0.25, 0.3) is 0 Å². The van der Waals surface area contributed by atoms with Crippen LogP contribution in [0.4, 0.5) is 0 Å². The molecular formula is C23H23N5OS. The van der Waals surface area contributed by atoms with Crippen molar-refractivity contribution in [2.24, 2.45) is 0 Å². The number of para-hydroxylation sites is 2. The molecule has 0 unspecified atom stereocenters. The summed E-state index contributed by atoms with van der Waals surface area (Å²) >= 11 is 1.46. The summed E-state index contributed by atoms with van der Waals surface area (Å²) in [6.07, 6.45) is 5.39. The molecule has 1 fully saturated rings. The molecular weight excluding hydrogens is 394 g/mol. The van der Waals surface area contributed by atoms with Gasteiger partial charge in [0, 0.05) is 41.4 Å². The molecule has 2 aromatic carbocycles. The van der Waals surface area contributed by atoms with E-state index in [0.717, 1.165) is 59.1 Å². The van der Waals surface area contributed by atoms with Gasteiger partial charge < -0.3 is 9.88 Å². The average molecular weight is 418 g/mol. The minimum atomic E-state index is 0.177. The van der Waals surface area contributed by atoms with E-state index in [2.05, 4.69) is 27.3 Å². The van der Waals surface area contributed by atoms with Gasteiger partial charge in [-0.15, -0.1) is 10.2 Å². The summed E-state index contributed by atoms with van der Waals surface area (Å²) in [6.45, 7) is 1.73. The predicted octanol–water partition coefficient (Wildman–Crippen LogP) is 4.52. The van der Waals surface area contributed by atoms with Crippen LogP contribution in [0.25, 0.3) is 28.0 Å². The van der Waals surface area contributed by atoms with E-state index in [9.17, 15) is 4.79 Å². The van der Waals surface area contributed by atoms with Crippen LogP contribution in [0.1, 0.15) is 19.3 Å². The van der Waals surface area contributed by atoms with Crippen molar-refractivity contribution >= 4 is 28.6 Å². The molecule has 0 aliphatic carbocycles. The molecule has 1 aliphatic rings. The molecule has 1 N–H and O–H groups in total. The van der Waals surface area contributed by atoms with E-state index in [1.165, 1.54) is 18.2 Å². The molecule has 0 bridgehead atoms. The highest BCUT2D eigenvalue weighted by Gasteiger charge is 2.21. The fraction of sp³-hybridized carbons (Fsp3) is 0.261. The quantitative estimate of drug-likeness (QED) is 0.485. The maximum absolute atomic E-state index is 12.7. The monoisotopic (exact) mass is 417 g/mol. The molecule has 152 valence electrons. The molecule has 0 radical (unpaired) electrons. The number of nitrogens with one attached hydrogen (secondary N) is 1. The Balaban J connectivity index is 1.50. The molecule has 30 heavy (non-hydrogen) atoms. The number of aromatic nitrogens is 4. The lowest BCUT2D eigenvalue weighted by atomic mass is 10.1. The number of hydrogen-bond donors (Lipinski definition) is 1. The number of carbonyl (C=O) groups excluding carboxylic acids is 1. The first-order valence-electron chi connectivity index (χ1n) is 10.3. The summed E-state index contributed by atoms with van der Waals surface area (Å²) in [5.41, 5.74) is 3.04. The van der Waals surface area contributed by atoms with Crippen molar-refractivity contribution in [1.82, 2.24) is 24.6 Å². The fourth-order valence-electron chi connectivity index (χ4n) is 3.97. The third-order valence-electron chi connectivity index (χ3n) is 5.51. The molecule has 1 saturated heterocycles. The van der Waals surface area contributed by atoms with Gasteiger partial charge in [-0.3, -0.25) is 9.36 Å². The molecule has 4 aromatic rings. The summed E-state index contributed by atoms with van der Waals surface area (Å²) in [5, 5.41) is 10.8. The summed E-state index contributed by atoms with van der Waals surface area (Å²) < 4.78 is 2.05. The normalized spacial score (nSPS) is 14.3. The van der Waals surface area contributed by atoms with Crippen molar-refractivity contribution in [2.75, 3.05) is 18.8 Å². The smallest absolute Gasteiger partial charge is 0.233 e. The molecule has 7 heteroatoms. The van der Waals surface area contributed by atoms with Crippen molar-refractivity contribution < 1.29 is 4.79 Å². The van der Waals surface area contributed by atoms with Gasteiger partial charge in [-0.25, -0.2) is 0 Å². The molecule has 0 spiro atoms. The number of amides is 1. The molecule has 0 saturated carbocycles. The van der Waals surface area contributed by atoms with Crippen LogP contribution >= 0.6 is 11.8 Å². The van der Waals surface area contributed by atoms with Gasteiger partial charge in [-0.1, -0.05) is 48.2 Å². The first-order chi connectivity index (χ1) is 14.8. The summed E-state index contributed by atoms with van der Waals surface area (Å²) in [4.78, 5) is 18.0. The van der Waals surface area contributed by atoms with Gasteiger partial charge in [0.2, 0.25) is 5.91 Å². The summed E-state index contributed by atoms with van der Waals surface area (Å²) in [7, 11) is 0. The number of aromatic amines is 1. The average Bonchev–Trinajstić information content (AvgIpc) is 3.42. The standard InChI is InChI=1S/C23H23N5OS/c29-21(27-13-7-2-8-14-27)16-30-23-26-25-22(28(23)17-9-3-1-4-10-17)19-15-24-20-12-6-5-11-18(19)20/h1,3-6,9-12,15,24H,2,7-8,13-14,16H2. The Hall–Kier alpha value is -3.06. The lowest BCUT2D eigenvalue weighted by Crippen LogP contribution is -2.36. The van der Waals surface area contributed by atoms with Crippen LogP contribution in [-0.4, -0.2) is 49.4 Å². The molecule has 1 aliphatic heterocycles. The Labute approximate surface area is 179 Å². The van der Waals surface area contributed by atoms with Crippen LogP contribution in [-0.2, 0) is 4.79 Å². The van der Waals surface area contributed by atoms with Crippen molar-refractivity contribution in [3.63, 3.8) is 0 Å². The van der Waals surface area contributed by atoms with E-state index in [-0.39, 0.29) is 5.91 Å². The van der Waals surface area contributed by atoms with Crippen LogP contribution in [0.3, 0.4) is 0 Å². The van der Waals surface area contributed by atoms with Crippen molar-refractivity contribution in [3.05, 3.63) is 60.8 Å². The Morgan fingerprint density at radius 2 is 1.73 bits per heavy atom. The van der Waals surface area contributed by atoms with E-state index in [1.807, 2.05) is 58.1 Å². The number of piperidine rings is 1. The highest BCUT2D eigenvalue weighted by atomic mass is 32.2. The first-order valence-corrected chi connectivity index (χ1v) is 11.3. The Morgan fingerprint density at radius 1 is 0.967 bits per heavy atom. The summed E-state index contributed by atoms with van der Waals surface area (Å²) in [6, 6.07) is 18.2. The van der Waals surface area contributed by atoms with Gasteiger partial charge in [0.15, 0.2) is 11.0 Å². The van der Waals surface area contributed by atoms with Gasteiger partial charge in [-0.2, -0.15) is 0 Å². The van der Waals surface area contributed by atoms with E-state index < -0.39 is 0 Å².